The molecule has 0 aromatic heterocycles. The van der Waals surface area contributed by atoms with Crippen molar-refractivity contribution in [1.29, 1.82) is 0 Å². The van der Waals surface area contributed by atoms with Crippen LogP contribution < -0.4 is 6.15 Å². The van der Waals surface area contributed by atoms with E-state index in [1.807, 2.05) is 0 Å². The van der Waals surface area contributed by atoms with Gasteiger partial charge in [0.05, 0.1) is 0 Å². The molecule has 0 aromatic carbocycles. The Morgan fingerprint density at radius 3 is 1.67 bits per heavy atom. The average molecular weight is 176 g/mol. The molecule has 0 radical (unpaired) electrons. The van der Waals surface area contributed by atoms with Crippen molar-refractivity contribution in [3.8, 4) is 0 Å². The minimum atomic E-state index is -1.50. The van der Waals surface area contributed by atoms with Crippen molar-refractivity contribution in [2.24, 2.45) is 0 Å². The van der Waals surface area contributed by atoms with Crippen LogP contribution in [0.25, 0.3) is 0 Å². The van der Waals surface area contributed by atoms with Gasteiger partial charge in [-0.05, 0) is 0 Å². The molecule has 0 atom stereocenters. The fraction of sp³-hybridized carbons (Fsp3) is 0. The number of hydrogen-bond donors (Lipinski definition) is 2. The van der Waals surface area contributed by atoms with Crippen molar-refractivity contribution < 1.29 is 31.4 Å². The largest absolute Gasteiger partial charge is 0.344 e. The van der Waals surface area contributed by atoms with E-state index in [2.05, 4.69) is 0 Å². The van der Waals surface area contributed by atoms with Gasteiger partial charge in [-0.3, -0.25) is 0 Å². The molecule has 4 N–H and O–H groups in total. The maximum absolute atomic E-state index is 8.36. The number of hydrogen-bond acceptors (Lipinski definition) is 3. The first-order valence-electron chi connectivity index (χ1n) is 0.565. The molecule has 6 heavy (non-hydrogen) atoms. The topological polar surface area (TPSA) is 98.4 Å². The standard InChI is InChI=1S/Mo.HNO3.H3N/c;2-1(3)4;/h;(H,2,3,4);1H3. The van der Waals surface area contributed by atoms with E-state index < -0.39 is 5.09 Å². The van der Waals surface area contributed by atoms with Crippen LogP contribution in [0.4, 0.5) is 0 Å². The first-order chi connectivity index (χ1) is 1.73. The number of rotatable bonds is 0. The summed E-state index contributed by atoms with van der Waals surface area (Å²) in [6, 6.07) is 0. The van der Waals surface area contributed by atoms with Crippen molar-refractivity contribution in [2.75, 3.05) is 0 Å². The Hall–Kier alpha value is -0.152. The maximum Gasteiger partial charge on any atom is 0.291 e. The summed E-state index contributed by atoms with van der Waals surface area (Å²) < 4.78 is 0. The Labute approximate surface area is 48.3 Å². The molecule has 0 aliphatic carbocycles. The van der Waals surface area contributed by atoms with E-state index in [1.165, 1.54) is 0 Å². The average Bonchev–Trinajstić information content (AvgIpc) is 0.811. The molecule has 0 aliphatic rings. The Morgan fingerprint density at radius 2 is 1.67 bits per heavy atom. The van der Waals surface area contributed by atoms with Gasteiger partial charge < -0.3 is 11.4 Å². The molecule has 0 amide bonds. The molecule has 0 saturated heterocycles. The molecule has 6 heteroatoms. The predicted molar refractivity (Wildman–Crippen MR) is 13.8 cm³/mol. The number of nitrogens with zero attached hydrogens (tertiary/aromatic N) is 1. The molecule has 0 rings (SSSR count). The van der Waals surface area contributed by atoms with Gasteiger partial charge in [-0.1, -0.05) is 0 Å². The van der Waals surface area contributed by atoms with E-state index in [1.54, 1.807) is 0 Å². The van der Waals surface area contributed by atoms with Crippen LogP contribution in [0.1, 0.15) is 0 Å². The zero-order valence-corrected chi connectivity index (χ0v) is 4.83. The van der Waals surface area contributed by atoms with Crippen molar-refractivity contribution >= 4 is 0 Å². The van der Waals surface area contributed by atoms with Gasteiger partial charge in [0.15, 0.2) is 0 Å². The summed E-state index contributed by atoms with van der Waals surface area (Å²) in [5.74, 6) is 0. The van der Waals surface area contributed by atoms with E-state index in [-0.39, 0.29) is 27.2 Å². The van der Waals surface area contributed by atoms with Crippen molar-refractivity contribution in [3.63, 3.8) is 0 Å². The summed E-state index contributed by atoms with van der Waals surface area (Å²) in [5, 5.41) is 13.6. The molecule has 0 fully saturated rings. The first kappa shape index (κ1) is 16.9. The summed E-state index contributed by atoms with van der Waals surface area (Å²) in [5.41, 5.74) is 0. The zero-order chi connectivity index (χ0) is 3.58. The van der Waals surface area contributed by atoms with Gasteiger partial charge in [0.25, 0.3) is 5.09 Å². The van der Waals surface area contributed by atoms with Crippen molar-refractivity contribution in [1.82, 2.24) is 6.15 Å². The van der Waals surface area contributed by atoms with Gasteiger partial charge >= 0.3 is 0 Å². The van der Waals surface area contributed by atoms with Crippen LogP contribution in [0, 0.1) is 10.1 Å². The normalized spacial score (nSPS) is 4.00. The van der Waals surface area contributed by atoms with E-state index in [0.29, 0.717) is 0 Å². The third-order valence-corrected chi connectivity index (χ3v) is 0. The molecule has 0 unspecified atom stereocenters. The molecule has 0 aliphatic heterocycles. The summed E-state index contributed by atoms with van der Waals surface area (Å²) in [6.07, 6.45) is 0. The second-order valence-electron chi connectivity index (χ2n) is 0.238. The summed E-state index contributed by atoms with van der Waals surface area (Å²) in [6.45, 7) is 0. The minimum absolute atomic E-state index is 0. The first-order valence-corrected chi connectivity index (χ1v) is 0.565. The van der Waals surface area contributed by atoms with E-state index in [0.717, 1.165) is 0 Å². The van der Waals surface area contributed by atoms with Gasteiger partial charge in [0.1, 0.15) is 0 Å². The van der Waals surface area contributed by atoms with Gasteiger partial charge in [-0.2, -0.15) is 0 Å². The van der Waals surface area contributed by atoms with Crippen molar-refractivity contribution in [2.45, 2.75) is 0 Å². The van der Waals surface area contributed by atoms with E-state index in [4.69, 9.17) is 15.3 Å². The Bertz CT molecular complexity index is 31.8. The van der Waals surface area contributed by atoms with Gasteiger partial charge in [0, 0.05) is 21.1 Å². The zero-order valence-electron chi connectivity index (χ0n) is 2.83. The van der Waals surface area contributed by atoms with Gasteiger partial charge in [0.2, 0.25) is 0 Å². The van der Waals surface area contributed by atoms with Crippen LogP contribution in [-0.2, 0) is 21.1 Å². The van der Waals surface area contributed by atoms with Crippen LogP contribution in [0.5, 0.6) is 0 Å². The third kappa shape index (κ3) is 1360. The smallest absolute Gasteiger partial charge is 0.291 e. The summed E-state index contributed by atoms with van der Waals surface area (Å²) in [4.78, 5) is 8.36. The van der Waals surface area contributed by atoms with Crippen LogP contribution in [0.3, 0.4) is 0 Å². The second kappa shape index (κ2) is 8.85. The third-order valence-electron chi connectivity index (χ3n) is 0. The Kier molecular flexibility index (Phi) is 25.0. The van der Waals surface area contributed by atoms with Gasteiger partial charge in [-0.15, -0.1) is 10.1 Å². The van der Waals surface area contributed by atoms with E-state index >= 15 is 0 Å². The molecule has 38 valence electrons. The summed E-state index contributed by atoms with van der Waals surface area (Å²) in [7, 11) is 0. The molecule has 5 nitrogen and oxygen atoms in total. The van der Waals surface area contributed by atoms with Crippen LogP contribution in [-0.4, -0.2) is 10.3 Å². The Balaban J connectivity index is -0.0000000450. The van der Waals surface area contributed by atoms with Crippen molar-refractivity contribution in [3.05, 3.63) is 10.1 Å². The molecule has 0 spiro atoms. The maximum atomic E-state index is 8.36. The van der Waals surface area contributed by atoms with Gasteiger partial charge in [-0.25, -0.2) is 0 Å². The second-order valence-corrected chi connectivity index (χ2v) is 0.238. The minimum Gasteiger partial charge on any atom is -0.344 e. The molecule has 0 aromatic rings. The fourth-order valence-electron chi connectivity index (χ4n) is 0. The molecule has 0 bridgehead atoms. The molecule has 0 saturated carbocycles. The predicted octanol–water partition coefficient (Wildman–Crippen LogP) is -0.188. The Morgan fingerprint density at radius 1 is 1.67 bits per heavy atom. The fourth-order valence-corrected chi connectivity index (χ4v) is 0. The molecule has 0 heterocycles. The van der Waals surface area contributed by atoms with Crippen LogP contribution >= 0.6 is 0 Å². The quantitative estimate of drug-likeness (QED) is 0.303. The van der Waals surface area contributed by atoms with Crippen LogP contribution in [0.2, 0.25) is 0 Å². The monoisotopic (exact) mass is 178 g/mol. The summed E-state index contributed by atoms with van der Waals surface area (Å²) >= 11 is 0. The van der Waals surface area contributed by atoms with Crippen LogP contribution in [0.15, 0.2) is 0 Å². The van der Waals surface area contributed by atoms with E-state index in [9.17, 15) is 0 Å². The molecular weight excluding hydrogens is 172 g/mol. The molecular formula is H4MoN2O3. The SMILES string of the molecule is N.O=[N+]([O-])O.[Mo].